The highest BCUT2D eigenvalue weighted by Crippen LogP contribution is 2.70. The molecule has 6 unspecified atom stereocenters. The van der Waals surface area contributed by atoms with Crippen LogP contribution in [0.5, 0.6) is 0 Å². The number of Topliss-reactive ketones (excluding diaryl/α,β-unsaturated/α-hetero) is 1. The molecule has 3 nitrogen and oxygen atoms in total. The fraction of sp³-hybridized carbons (Fsp3) is 0.739. The highest BCUT2D eigenvalue weighted by Gasteiger charge is 2.72. The Kier molecular flexibility index (Phi) is 3.97. The van der Waals surface area contributed by atoms with Crippen LogP contribution in [0.1, 0.15) is 53.9 Å². The second-order valence-corrected chi connectivity index (χ2v) is 10.2. The number of carbonyl (C=O) groups excluding carboxylic acids is 2. The van der Waals surface area contributed by atoms with E-state index in [9.17, 15) is 14.7 Å². The second kappa shape index (κ2) is 5.62. The first kappa shape index (κ1) is 19.0. The minimum atomic E-state index is -1.81. The summed E-state index contributed by atoms with van der Waals surface area (Å²) in [7, 11) is 0. The highest BCUT2D eigenvalue weighted by molar-refractivity contribution is 6.01. The summed E-state index contributed by atoms with van der Waals surface area (Å²) in [5.41, 5.74) is -2.33. The molecule has 0 saturated heterocycles. The minimum Gasteiger partial charge on any atom is -0.390 e. The lowest BCUT2D eigenvalue weighted by Gasteiger charge is -2.63. The number of alkyl halides is 1. The van der Waals surface area contributed by atoms with Gasteiger partial charge in [-0.3, -0.25) is 9.59 Å². The molecule has 0 aromatic rings. The van der Waals surface area contributed by atoms with Crippen molar-refractivity contribution >= 4 is 11.6 Å². The van der Waals surface area contributed by atoms with Crippen molar-refractivity contribution in [3.8, 4) is 0 Å². The standard InChI is InChI=1S/C23H31FO3/c1-12-8-18-17-9-13(2)20(14(3)25)21(17,4)11-19(27)23(18,24)22(5)7-6-15(26)10-16(12)22/h6-7,10,12-13,17-20,27H,8-9,11H2,1-5H3/t12-,13+,17?,18?,19?,20?,21?,22?,23-/m0/s1. The van der Waals surface area contributed by atoms with Gasteiger partial charge in [0.15, 0.2) is 11.5 Å². The highest BCUT2D eigenvalue weighted by atomic mass is 19.1. The molecule has 4 aliphatic rings. The molecular formula is C23H31FO3. The lowest BCUT2D eigenvalue weighted by Crippen LogP contribution is -2.67. The Balaban J connectivity index is 1.86. The number of aliphatic hydroxyl groups is 1. The molecule has 27 heavy (non-hydrogen) atoms. The van der Waals surface area contributed by atoms with Crippen LogP contribution in [-0.4, -0.2) is 28.4 Å². The van der Waals surface area contributed by atoms with E-state index in [1.807, 2.05) is 6.92 Å². The maximum atomic E-state index is 17.0. The van der Waals surface area contributed by atoms with Gasteiger partial charge in [0.25, 0.3) is 0 Å². The number of hydrogen-bond donors (Lipinski definition) is 1. The number of aliphatic hydroxyl groups excluding tert-OH is 1. The predicted octanol–water partition coefficient (Wildman–Crippen LogP) is 4.05. The molecule has 0 aromatic heterocycles. The van der Waals surface area contributed by atoms with Crippen molar-refractivity contribution in [2.24, 2.45) is 40.4 Å². The van der Waals surface area contributed by atoms with Gasteiger partial charge in [-0.25, -0.2) is 4.39 Å². The van der Waals surface area contributed by atoms with Crippen LogP contribution in [0.15, 0.2) is 23.8 Å². The number of fused-ring (bicyclic) bond motifs is 5. The summed E-state index contributed by atoms with van der Waals surface area (Å²) in [4.78, 5) is 24.4. The Hall–Kier alpha value is -1.29. The van der Waals surface area contributed by atoms with E-state index in [0.717, 1.165) is 12.0 Å². The van der Waals surface area contributed by atoms with Gasteiger partial charge in [0.05, 0.1) is 6.10 Å². The predicted molar refractivity (Wildman–Crippen MR) is 102 cm³/mol. The largest absolute Gasteiger partial charge is 0.390 e. The average Bonchev–Trinajstić information content (AvgIpc) is 2.82. The van der Waals surface area contributed by atoms with Gasteiger partial charge in [0.2, 0.25) is 0 Å². The first-order chi connectivity index (χ1) is 12.5. The van der Waals surface area contributed by atoms with Crippen LogP contribution in [0.25, 0.3) is 0 Å². The molecule has 0 radical (unpaired) electrons. The van der Waals surface area contributed by atoms with Gasteiger partial charge in [-0.2, -0.15) is 0 Å². The topological polar surface area (TPSA) is 54.4 Å². The molecule has 4 aliphatic carbocycles. The fourth-order valence-electron chi connectivity index (χ4n) is 7.83. The lowest BCUT2D eigenvalue weighted by molar-refractivity contribution is -0.200. The number of ketones is 2. The van der Waals surface area contributed by atoms with E-state index in [1.165, 1.54) is 6.08 Å². The molecule has 0 aliphatic heterocycles. The molecule has 3 saturated carbocycles. The van der Waals surface area contributed by atoms with Gasteiger partial charge in [-0.15, -0.1) is 0 Å². The van der Waals surface area contributed by atoms with Crippen LogP contribution in [0.4, 0.5) is 4.39 Å². The van der Waals surface area contributed by atoms with Crippen molar-refractivity contribution in [2.75, 3.05) is 0 Å². The third-order valence-electron chi connectivity index (χ3n) is 8.75. The average molecular weight is 374 g/mol. The van der Waals surface area contributed by atoms with E-state index in [0.29, 0.717) is 12.8 Å². The zero-order valence-electron chi connectivity index (χ0n) is 17.0. The van der Waals surface area contributed by atoms with Gasteiger partial charge in [-0.1, -0.05) is 32.4 Å². The third-order valence-corrected chi connectivity index (χ3v) is 8.75. The van der Waals surface area contributed by atoms with Crippen molar-refractivity contribution < 1.29 is 19.1 Å². The molecule has 4 heteroatoms. The molecule has 0 spiro atoms. The summed E-state index contributed by atoms with van der Waals surface area (Å²) in [5, 5.41) is 11.2. The molecule has 9 atom stereocenters. The van der Waals surface area contributed by atoms with Crippen LogP contribution >= 0.6 is 0 Å². The maximum absolute atomic E-state index is 17.0. The number of allylic oxidation sites excluding steroid dienone is 4. The minimum absolute atomic E-state index is 0.0710. The van der Waals surface area contributed by atoms with Crippen molar-refractivity contribution in [3.63, 3.8) is 0 Å². The molecule has 1 N–H and O–H groups in total. The molecule has 148 valence electrons. The summed E-state index contributed by atoms with van der Waals surface area (Å²) in [6.07, 6.45) is 5.34. The molecule has 3 fully saturated rings. The Morgan fingerprint density at radius 1 is 1.22 bits per heavy atom. The summed E-state index contributed by atoms with van der Waals surface area (Å²) < 4.78 is 17.0. The monoisotopic (exact) mass is 374 g/mol. The first-order valence-electron chi connectivity index (χ1n) is 10.3. The van der Waals surface area contributed by atoms with Crippen LogP contribution < -0.4 is 0 Å². The van der Waals surface area contributed by atoms with Gasteiger partial charge in [-0.05, 0) is 68.4 Å². The van der Waals surface area contributed by atoms with Crippen LogP contribution in [0.3, 0.4) is 0 Å². The quantitative estimate of drug-likeness (QED) is 0.753. The zero-order chi connectivity index (χ0) is 19.9. The number of halogens is 1. The van der Waals surface area contributed by atoms with E-state index in [1.54, 1.807) is 19.1 Å². The van der Waals surface area contributed by atoms with Crippen LogP contribution in [-0.2, 0) is 9.59 Å². The van der Waals surface area contributed by atoms with Crippen molar-refractivity contribution in [2.45, 2.75) is 65.7 Å². The Labute approximate surface area is 161 Å². The van der Waals surface area contributed by atoms with E-state index in [-0.39, 0.29) is 46.6 Å². The maximum Gasteiger partial charge on any atom is 0.178 e. The molecule has 0 aromatic carbocycles. The molecule has 0 heterocycles. The molecule has 0 amide bonds. The Bertz CT molecular complexity index is 770. The normalized spacial score (nSPS) is 54.0. The van der Waals surface area contributed by atoms with Crippen molar-refractivity contribution in [3.05, 3.63) is 23.8 Å². The number of rotatable bonds is 1. The zero-order valence-corrected chi connectivity index (χ0v) is 17.0. The van der Waals surface area contributed by atoms with E-state index >= 15 is 4.39 Å². The third kappa shape index (κ3) is 2.17. The summed E-state index contributed by atoms with van der Waals surface area (Å²) >= 11 is 0. The van der Waals surface area contributed by atoms with Crippen molar-refractivity contribution in [1.82, 2.24) is 0 Å². The van der Waals surface area contributed by atoms with Gasteiger partial charge < -0.3 is 5.11 Å². The van der Waals surface area contributed by atoms with Gasteiger partial charge >= 0.3 is 0 Å². The van der Waals surface area contributed by atoms with E-state index < -0.39 is 17.2 Å². The summed E-state index contributed by atoms with van der Waals surface area (Å²) in [6.45, 7) is 9.74. The first-order valence-corrected chi connectivity index (χ1v) is 10.3. The Morgan fingerprint density at radius 3 is 2.52 bits per heavy atom. The molecule has 4 rings (SSSR count). The van der Waals surface area contributed by atoms with E-state index in [4.69, 9.17) is 0 Å². The number of hydrogen-bond acceptors (Lipinski definition) is 3. The molecule has 0 bridgehead atoms. The summed E-state index contributed by atoms with van der Waals surface area (Å²) in [5.74, 6) is -0.0166. The SMILES string of the molecule is CC(=O)C1[C@H](C)CC2C3C[C@H](C)C4=CC(=O)C=CC4(C)[C@@]3(F)C(O)CC21C. The number of carbonyl (C=O) groups is 2. The fourth-order valence-corrected chi connectivity index (χ4v) is 7.83. The van der Waals surface area contributed by atoms with Crippen LogP contribution in [0, 0.1) is 40.4 Å². The smallest absolute Gasteiger partial charge is 0.178 e. The van der Waals surface area contributed by atoms with E-state index in [2.05, 4.69) is 20.8 Å². The Morgan fingerprint density at radius 2 is 1.89 bits per heavy atom. The summed E-state index contributed by atoms with van der Waals surface area (Å²) in [6, 6.07) is 0. The van der Waals surface area contributed by atoms with Crippen LogP contribution in [0.2, 0.25) is 0 Å². The lowest BCUT2D eigenvalue weighted by atomic mass is 9.43. The van der Waals surface area contributed by atoms with Gasteiger partial charge in [0.1, 0.15) is 5.78 Å². The van der Waals surface area contributed by atoms with Gasteiger partial charge in [0, 0.05) is 17.3 Å². The molecular weight excluding hydrogens is 343 g/mol. The van der Waals surface area contributed by atoms with Crippen molar-refractivity contribution in [1.29, 1.82) is 0 Å². The second-order valence-electron chi connectivity index (χ2n) is 10.2.